The standard InChI is InChI=1S/C15H10ClF3IN3O2/c16-11-3-8(15(17,18)19)1-2-12(11)22-13(25)14(4-10(24)5-14)23-7-9(20)6-21-23/h1-3,6-7H,4-5H2,(H,22,25). The van der Waals surface area contributed by atoms with Gasteiger partial charge in [0.1, 0.15) is 5.78 Å². The van der Waals surface area contributed by atoms with E-state index in [0.29, 0.717) is 0 Å². The number of Topliss-reactive ketones (excluding diaryl/α,β-unsaturated/α-hetero) is 1. The maximum Gasteiger partial charge on any atom is 0.416 e. The van der Waals surface area contributed by atoms with Crippen molar-refractivity contribution in [3.8, 4) is 0 Å². The summed E-state index contributed by atoms with van der Waals surface area (Å²) in [4.78, 5) is 24.2. The molecule has 1 fully saturated rings. The summed E-state index contributed by atoms with van der Waals surface area (Å²) in [6, 6.07) is 2.66. The first-order chi connectivity index (χ1) is 11.6. The van der Waals surface area contributed by atoms with Crippen molar-refractivity contribution in [2.24, 2.45) is 0 Å². The average molecular weight is 484 g/mol. The first-order valence-electron chi connectivity index (χ1n) is 7.02. The zero-order valence-corrected chi connectivity index (χ0v) is 15.3. The average Bonchev–Trinajstić information content (AvgIpc) is 2.91. The lowest BCUT2D eigenvalue weighted by Gasteiger charge is -2.38. The molecule has 0 aliphatic heterocycles. The molecule has 0 saturated heterocycles. The van der Waals surface area contributed by atoms with E-state index in [0.717, 1.165) is 21.8 Å². The maximum atomic E-state index is 12.7. The fourth-order valence-corrected chi connectivity index (χ4v) is 3.21. The van der Waals surface area contributed by atoms with E-state index in [-0.39, 0.29) is 29.3 Å². The number of halogens is 5. The van der Waals surface area contributed by atoms with Crippen LogP contribution in [0.2, 0.25) is 5.02 Å². The minimum atomic E-state index is -4.53. The SMILES string of the molecule is O=C1CC(C(=O)Nc2ccc(C(F)(F)F)cc2Cl)(n2cc(I)cn2)C1. The van der Waals surface area contributed by atoms with Crippen LogP contribution in [0.1, 0.15) is 18.4 Å². The van der Waals surface area contributed by atoms with Crippen LogP contribution in [0, 0.1) is 3.57 Å². The predicted molar refractivity (Wildman–Crippen MR) is 92.2 cm³/mol. The Kier molecular flexibility index (Phi) is 4.56. The molecule has 0 unspecified atom stereocenters. The second kappa shape index (κ2) is 6.27. The number of benzene rings is 1. The molecular weight excluding hydrogens is 474 g/mol. The highest BCUT2D eigenvalue weighted by Gasteiger charge is 2.52. The first kappa shape index (κ1) is 18.2. The first-order valence-corrected chi connectivity index (χ1v) is 8.48. The molecule has 132 valence electrons. The lowest BCUT2D eigenvalue weighted by molar-refractivity contribution is -0.143. The summed E-state index contributed by atoms with van der Waals surface area (Å²) in [6.45, 7) is 0. The van der Waals surface area contributed by atoms with Crippen molar-refractivity contribution >= 4 is 51.6 Å². The molecule has 1 amide bonds. The Balaban J connectivity index is 1.87. The summed E-state index contributed by atoms with van der Waals surface area (Å²) in [5, 5.41) is 6.36. The van der Waals surface area contributed by atoms with Crippen molar-refractivity contribution in [2.45, 2.75) is 24.6 Å². The maximum absolute atomic E-state index is 12.7. The molecule has 3 rings (SSSR count). The Labute approximate surface area is 158 Å². The van der Waals surface area contributed by atoms with E-state index < -0.39 is 23.2 Å². The molecular formula is C15H10ClF3IN3O2. The predicted octanol–water partition coefficient (Wildman–Crippen LogP) is 3.86. The summed E-state index contributed by atoms with van der Waals surface area (Å²) in [5.74, 6) is -0.646. The number of nitrogens with one attached hydrogen (secondary N) is 1. The highest BCUT2D eigenvalue weighted by atomic mass is 127. The zero-order chi connectivity index (χ0) is 18.4. The van der Waals surface area contributed by atoms with E-state index in [2.05, 4.69) is 10.4 Å². The van der Waals surface area contributed by atoms with E-state index in [4.69, 9.17) is 11.6 Å². The van der Waals surface area contributed by atoms with Crippen LogP contribution in [0.25, 0.3) is 0 Å². The van der Waals surface area contributed by atoms with Gasteiger partial charge >= 0.3 is 6.18 Å². The number of carbonyl (C=O) groups is 2. The fourth-order valence-electron chi connectivity index (χ4n) is 2.59. The number of anilines is 1. The van der Waals surface area contributed by atoms with E-state index in [1.54, 1.807) is 12.4 Å². The molecule has 10 heteroatoms. The molecule has 1 heterocycles. The number of hydrogen-bond acceptors (Lipinski definition) is 3. The second-order valence-corrected chi connectivity index (χ2v) is 7.33. The van der Waals surface area contributed by atoms with Crippen LogP contribution < -0.4 is 5.32 Å². The minimum Gasteiger partial charge on any atom is -0.323 e. The van der Waals surface area contributed by atoms with Gasteiger partial charge in [0.25, 0.3) is 5.91 Å². The van der Waals surface area contributed by atoms with Crippen LogP contribution in [-0.2, 0) is 21.3 Å². The van der Waals surface area contributed by atoms with Crippen molar-refractivity contribution in [2.75, 3.05) is 5.32 Å². The highest BCUT2D eigenvalue weighted by molar-refractivity contribution is 14.1. The summed E-state index contributed by atoms with van der Waals surface area (Å²) in [5.41, 5.74) is -2.06. The Morgan fingerprint density at radius 3 is 2.52 bits per heavy atom. The lowest BCUT2D eigenvalue weighted by atomic mass is 9.75. The van der Waals surface area contributed by atoms with Gasteiger partial charge in [0.15, 0.2) is 5.54 Å². The van der Waals surface area contributed by atoms with Crippen LogP contribution in [0.3, 0.4) is 0 Å². The van der Waals surface area contributed by atoms with Crippen LogP contribution >= 0.6 is 34.2 Å². The number of alkyl halides is 3. The van der Waals surface area contributed by atoms with E-state index in [9.17, 15) is 22.8 Å². The number of nitrogens with zero attached hydrogens (tertiary/aromatic N) is 2. The molecule has 1 aromatic heterocycles. The van der Waals surface area contributed by atoms with Gasteiger partial charge in [-0.1, -0.05) is 11.6 Å². The molecule has 1 N–H and O–H groups in total. The van der Waals surface area contributed by atoms with E-state index in [1.807, 2.05) is 22.6 Å². The quantitative estimate of drug-likeness (QED) is 0.675. The van der Waals surface area contributed by atoms with Gasteiger partial charge in [0.2, 0.25) is 0 Å². The summed E-state index contributed by atoms with van der Waals surface area (Å²) >= 11 is 7.89. The van der Waals surface area contributed by atoms with Gasteiger partial charge in [0.05, 0.1) is 26.0 Å². The van der Waals surface area contributed by atoms with Gasteiger partial charge in [-0.25, -0.2) is 0 Å². The van der Waals surface area contributed by atoms with Crippen molar-refractivity contribution in [3.63, 3.8) is 0 Å². The number of ketones is 1. The molecule has 2 aromatic rings. The van der Waals surface area contributed by atoms with E-state index >= 15 is 0 Å². The van der Waals surface area contributed by atoms with E-state index in [1.165, 1.54) is 4.68 Å². The smallest absolute Gasteiger partial charge is 0.323 e. The summed E-state index contributed by atoms with van der Waals surface area (Å²) < 4.78 is 40.3. The Morgan fingerprint density at radius 2 is 2.04 bits per heavy atom. The molecule has 25 heavy (non-hydrogen) atoms. The number of aromatic nitrogens is 2. The normalized spacial score (nSPS) is 16.4. The Morgan fingerprint density at radius 1 is 1.36 bits per heavy atom. The monoisotopic (exact) mass is 483 g/mol. The fraction of sp³-hybridized carbons (Fsp3) is 0.267. The Bertz CT molecular complexity index is 858. The molecule has 0 atom stereocenters. The van der Waals surface area contributed by atoms with Gasteiger partial charge < -0.3 is 5.32 Å². The van der Waals surface area contributed by atoms with Crippen LogP contribution in [0.15, 0.2) is 30.6 Å². The third kappa shape index (κ3) is 3.39. The largest absolute Gasteiger partial charge is 0.416 e. The van der Waals surface area contributed by atoms with Crippen LogP contribution in [0.4, 0.5) is 18.9 Å². The van der Waals surface area contributed by atoms with Gasteiger partial charge in [0, 0.05) is 19.0 Å². The molecule has 1 aliphatic carbocycles. The van der Waals surface area contributed by atoms with Crippen LogP contribution in [0.5, 0.6) is 0 Å². The Hall–Kier alpha value is -1.62. The minimum absolute atomic E-state index is 0.0329. The van der Waals surface area contributed by atoms with Crippen molar-refractivity contribution in [1.29, 1.82) is 0 Å². The van der Waals surface area contributed by atoms with Crippen molar-refractivity contribution in [3.05, 3.63) is 44.7 Å². The van der Waals surface area contributed by atoms with Gasteiger partial charge in [-0.05, 0) is 40.8 Å². The molecule has 0 radical (unpaired) electrons. The lowest BCUT2D eigenvalue weighted by Crippen LogP contribution is -2.55. The molecule has 0 bridgehead atoms. The molecule has 1 aliphatic rings. The molecule has 5 nitrogen and oxygen atoms in total. The number of rotatable bonds is 3. The van der Waals surface area contributed by atoms with Crippen molar-refractivity contribution < 1.29 is 22.8 Å². The van der Waals surface area contributed by atoms with Gasteiger partial charge in [-0.3, -0.25) is 14.3 Å². The summed E-state index contributed by atoms with van der Waals surface area (Å²) in [6.07, 6.45) is -1.42. The van der Waals surface area contributed by atoms with Crippen molar-refractivity contribution in [1.82, 2.24) is 9.78 Å². The van der Waals surface area contributed by atoms with Gasteiger partial charge in [-0.2, -0.15) is 18.3 Å². The molecule has 1 aromatic carbocycles. The molecule has 0 spiro atoms. The highest BCUT2D eigenvalue weighted by Crippen LogP contribution is 2.39. The molecule has 1 saturated carbocycles. The zero-order valence-electron chi connectivity index (χ0n) is 12.4. The topological polar surface area (TPSA) is 64.0 Å². The third-order valence-corrected chi connectivity index (χ3v) is 4.81. The number of amides is 1. The number of carbonyl (C=O) groups excluding carboxylic acids is 2. The van der Waals surface area contributed by atoms with Gasteiger partial charge in [-0.15, -0.1) is 0 Å². The second-order valence-electron chi connectivity index (χ2n) is 5.67. The third-order valence-electron chi connectivity index (χ3n) is 3.94. The number of hydrogen-bond donors (Lipinski definition) is 1. The summed E-state index contributed by atoms with van der Waals surface area (Å²) in [7, 11) is 0. The van der Waals surface area contributed by atoms with Crippen LogP contribution in [-0.4, -0.2) is 21.5 Å².